The largest absolute Gasteiger partial charge is 0.324 e. The van der Waals surface area contributed by atoms with E-state index in [1.807, 2.05) is 0 Å². The maximum atomic E-state index is 11.7. The Balaban J connectivity index is 4.13. The highest BCUT2D eigenvalue weighted by Crippen LogP contribution is 1.99. The minimum atomic E-state index is -0.440. The fourth-order valence-electron chi connectivity index (χ4n) is 1.24. The summed E-state index contributed by atoms with van der Waals surface area (Å²) in [6.07, 6.45) is 3.96. The summed E-state index contributed by atoms with van der Waals surface area (Å²) < 4.78 is 0. The standard InChI is InChI=1S/C11H21ClN2O2/c1-3-5-7-14(8-6-4-2)11(16)13-10(15)9-12/h3-9H2,1-2H3,(H,13,15,16). The number of amides is 3. The van der Waals surface area contributed by atoms with E-state index >= 15 is 0 Å². The third-order valence-electron chi connectivity index (χ3n) is 2.22. The Hall–Kier alpha value is -0.770. The second-order valence-corrected chi connectivity index (χ2v) is 3.95. The van der Waals surface area contributed by atoms with Crippen molar-refractivity contribution >= 4 is 23.5 Å². The molecule has 16 heavy (non-hydrogen) atoms. The monoisotopic (exact) mass is 248 g/mol. The van der Waals surface area contributed by atoms with E-state index in [1.165, 1.54) is 0 Å². The van der Waals surface area contributed by atoms with Gasteiger partial charge in [0.25, 0.3) is 0 Å². The lowest BCUT2D eigenvalue weighted by molar-refractivity contribution is -0.117. The first-order chi connectivity index (χ1) is 7.65. The molecule has 0 aliphatic carbocycles. The number of urea groups is 1. The van der Waals surface area contributed by atoms with Crippen LogP contribution in [0.3, 0.4) is 0 Å². The molecule has 4 nitrogen and oxygen atoms in total. The second-order valence-electron chi connectivity index (χ2n) is 3.68. The maximum Gasteiger partial charge on any atom is 0.324 e. The third-order valence-corrected chi connectivity index (χ3v) is 2.46. The number of imide groups is 1. The smallest absolute Gasteiger partial charge is 0.324 e. The minimum Gasteiger partial charge on any atom is -0.324 e. The topological polar surface area (TPSA) is 49.4 Å². The summed E-state index contributed by atoms with van der Waals surface area (Å²) in [5.74, 6) is -0.620. The Kier molecular flexibility index (Phi) is 9.00. The van der Waals surface area contributed by atoms with E-state index in [2.05, 4.69) is 19.2 Å². The van der Waals surface area contributed by atoms with E-state index in [1.54, 1.807) is 4.90 Å². The number of hydrogen-bond donors (Lipinski definition) is 1. The van der Waals surface area contributed by atoms with Crippen LogP contribution in [-0.4, -0.2) is 35.8 Å². The molecule has 0 unspecified atom stereocenters. The van der Waals surface area contributed by atoms with Crippen molar-refractivity contribution < 1.29 is 9.59 Å². The van der Waals surface area contributed by atoms with Crippen molar-refractivity contribution in [2.24, 2.45) is 0 Å². The molecule has 0 aromatic carbocycles. The lowest BCUT2D eigenvalue weighted by Crippen LogP contribution is -2.44. The van der Waals surface area contributed by atoms with Gasteiger partial charge in [0.2, 0.25) is 5.91 Å². The van der Waals surface area contributed by atoms with Crippen molar-refractivity contribution in [3.63, 3.8) is 0 Å². The lowest BCUT2D eigenvalue weighted by Gasteiger charge is -2.22. The van der Waals surface area contributed by atoms with Crippen LogP contribution in [0.1, 0.15) is 39.5 Å². The molecule has 0 atom stereocenters. The van der Waals surface area contributed by atoms with Gasteiger partial charge < -0.3 is 4.90 Å². The van der Waals surface area contributed by atoms with Crippen molar-refractivity contribution in [2.45, 2.75) is 39.5 Å². The Morgan fingerprint density at radius 1 is 1.12 bits per heavy atom. The van der Waals surface area contributed by atoms with Gasteiger partial charge >= 0.3 is 6.03 Å². The van der Waals surface area contributed by atoms with Crippen molar-refractivity contribution in [3.05, 3.63) is 0 Å². The first-order valence-electron chi connectivity index (χ1n) is 5.80. The predicted molar refractivity (Wildman–Crippen MR) is 65.6 cm³/mol. The van der Waals surface area contributed by atoms with E-state index < -0.39 is 5.91 Å². The highest BCUT2D eigenvalue weighted by Gasteiger charge is 2.14. The number of carbonyl (C=O) groups is 2. The van der Waals surface area contributed by atoms with Gasteiger partial charge in [-0.15, -0.1) is 11.6 Å². The zero-order chi connectivity index (χ0) is 12.4. The van der Waals surface area contributed by atoms with E-state index in [0.29, 0.717) is 13.1 Å². The molecule has 5 heteroatoms. The normalized spacial score (nSPS) is 9.94. The molecule has 0 fully saturated rings. The van der Waals surface area contributed by atoms with Gasteiger partial charge in [-0.05, 0) is 12.8 Å². The zero-order valence-corrected chi connectivity index (χ0v) is 10.8. The van der Waals surface area contributed by atoms with Gasteiger partial charge in [-0.25, -0.2) is 4.79 Å². The SMILES string of the molecule is CCCCN(CCCC)C(=O)NC(=O)CCl. The highest BCUT2D eigenvalue weighted by atomic mass is 35.5. The lowest BCUT2D eigenvalue weighted by atomic mass is 10.3. The van der Waals surface area contributed by atoms with Crippen molar-refractivity contribution in [3.8, 4) is 0 Å². The van der Waals surface area contributed by atoms with Crippen LogP contribution in [0.15, 0.2) is 0 Å². The molecule has 0 saturated heterocycles. The Bertz CT molecular complexity index is 214. The summed E-state index contributed by atoms with van der Waals surface area (Å²) in [4.78, 5) is 24.3. The molecule has 0 aromatic rings. The second kappa shape index (κ2) is 9.46. The number of halogens is 1. The van der Waals surface area contributed by atoms with E-state index in [0.717, 1.165) is 25.7 Å². The van der Waals surface area contributed by atoms with Gasteiger partial charge in [-0.3, -0.25) is 10.1 Å². The maximum absolute atomic E-state index is 11.7. The number of carbonyl (C=O) groups excluding carboxylic acids is 2. The highest BCUT2D eigenvalue weighted by molar-refractivity contribution is 6.28. The van der Waals surface area contributed by atoms with E-state index in [-0.39, 0.29) is 11.9 Å². The number of hydrogen-bond acceptors (Lipinski definition) is 2. The number of nitrogens with zero attached hydrogens (tertiary/aromatic N) is 1. The van der Waals surface area contributed by atoms with Crippen molar-refractivity contribution in [1.82, 2.24) is 10.2 Å². The van der Waals surface area contributed by atoms with Gasteiger partial charge in [-0.2, -0.15) is 0 Å². The number of rotatable bonds is 7. The molecule has 0 radical (unpaired) electrons. The summed E-state index contributed by atoms with van der Waals surface area (Å²) in [5.41, 5.74) is 0. The summed E-state index contributed by atoms with van der Waals surface area (Å²) in [6, 6.07) is -0.326. The summed E-state index contributed by atoms with van der Waals surface area (Å²) in [5, 5.41) is 2.26. The van der Waals surface area contributed by atoms with Crippen molar-refractivity contribution in [2.75, 3.05) is 19.0 Å². The number of unbranched alkanes of at least 4 members (excludes halogenated alkanes) is 2. The van der Waals surface area contributed by atoms with Crippen LogP contribution in [0.5, 0.6) is 0 Å². The first-order valence-corrected chi connectivity index (χ1v) is 6.33. The van der Waals surface area contributed by atoms with Crippen LogP contribution in [0, 0.1) is 0 Å². The summed E-state index contributed by atoms with van der Waals surface area (Å²) in [6.45, 7) is 5.52. The molecule has 0 bridgehead atoms. The predicted octanol–water partition coefficient (Wildman–Crippen LogP) is 2.36. The van der Waals surface area contributed by atoms with Crippen LogP contribution in [0.2, 0.25) is 0 Å². The van der Waals surface area contributed by atoms with Gasteiger partial charge in [-0.1, -0.05) is 26.7 Å². The molecule has 94 valence electrons. The Labute approximate surface area is 102 Å². The van der Waals surface area contributed by atoms with E-state index in [4.69, 9.17) is 11.6 Å². The number of alkyl halides is 1. The molecule has 0 saturated carbocycles. The van der Waals surface area contributed by atoms with Crippen LogP contribution in [-0.2, 0) is 4.79 Å². The molecule has 0 rings (SSSR count). The Morgan fingerprint density at radius 3 is 2.00 bits per heavy atom. The van der Waals surface area contributed by atoms with Gasteiger partial charge in [0.15, 0.2) is 0 Å². The Morgan fingerprint density at radius 2 is 1.62 bits per heavy atom. The van der Waals surface area contributed by atoms with Crippen LogP contribution < -0.4 is 5.32 Å². The minimum absolute atomic E-state index is 0.179. The van der Waals surface area contributed by atoms with Gasteiger partial charge in [0.1, 0.15) is 5.88 Å². The molecule has 0 spiro atoms. The average molecular weight is 249 g/mol. The zero-order valence-electron chi connectivity index (χ0n) is 10.1. The molecule has 0 aliphatic rings. The molecular formula is C11H21ClN2O2. The quantitative estimate of drug-likeness (QED) is 0.704. The van der Waals surface area contributed by atoms with Gasteiger partial charge in [0.05, 0.1) is 0 Å². The van der Waals surface area contributed by atoms with Crippen LogP contribution in [0.4, 0.5) is 4.79 Å². The molecule has 3 amide bonds. The fourth-order valence-corrected chi connectivity index (χ4v) is 1.31. The summed E-state index contributed by atoms with van der Waals surface area (Å²) >= 11 is 5.33. The number of nitrogens with one attached hydrogen (secondary N) is 1. The molecule has 0 heterocycles. The third kappa shape index (κ3) is 6.67. The molecule has 0 aromatic heterocycles. The fraction of sp³-hybridized carbons (Fsp3) is 0.818. The molecule has 1 N–H and O–H groups in total. The average Bonchev–Trinajstić information content (AvgIpc) is 2.28. The summed E-state index contributed by atoms with van der Waals surface area (Å²) in [7, 11) is 0. The first kappa shape index (κ1) is 15.2. The molecule has 0 aliphatic heterocycles. The van der Waals surface area contributed by atoms with Crippen molar-refractivity contribution in [1.29, 1.82) is 0 Å². The van der Waals surface area contributed by atoms with Crippen LogP contribution in [0.25, 0.3) is 0 Å². The molecular weight excluding hydrogens is 228 g/mol. The van der Waals surface area contributed by atoms with Crippen LogP contribution >= 0.6 is 11.6 Å². The van der Waals surface area contributed by atoms with E-state index in [9.17, 15) is 9.59 Å². The van der Waals surface area contributed by atoms with Gasteiger partial charge in [0, 0.05) is 13.1 Å².